The summed E-state index contributed by atoms with van der Waals surface area (Å²) in [5.41, 5.74) is 0.727. The van der Waals surface area contributed by atoms with Gasteiger partial charge >= 0.3 is 5.97 Å². The van der Waals surface area contributed by atoms with Gasteiger partial charge in [0.15, 0.2) is 11.0 Å². The Labute approximate surface area is 133 Å². The standard InChI is InChI=1S/C11H11Cl2N3O2S2/c1-2-3-16-10(6-4-7(12)20-9(6)13)14-15-11(16)19-5-8(17)18/h4H,2-3,5H2,1H3,(H,17,18). The van der Waals surface area contributed by atoms with Crippen LogP contribution in [-0.2, 0) is 11.3 Å². The third kappa shape index (κ3) is 3.46. The van der Waals surface area contributed by atoms with Crippen LogP contribution in [0.15, 0.2) is 11.2 Å². The zero-order chi connectivity index (χ0) is 14.7. The van der Waals surface area contributed by atoms with Crippen molar-refractivity contribution in [2.75, 3.05) is 5.75 Å². The van der Waals surface area contributed by atoms with Crippen LogP contribution in [0.3, 0.4) is 0 Å². The van der Waals surface area contributed by atoms with E-state index >= 15 is 0 Å². The van der Waals surface area contributed by atoms with Crippen molar-refractivity contribution in [3.63, 3.8) is 0 Å². The first kappa shape index (κ1) is 15.6. The Morgan fingerprint density at radius 2 is 2.25 bits per heavy atom. The Morgan fingerprint density at radius 1 is 1.50 bits per heavy atom. The minimum Gasteiger partial charge on any atom is -0.481 e. The van der Waals surface area contributed by atoms with Crippen LogP contribution in [0.2, 0.25) is 8.67 Å². The number of carboxylic acid groups (broad SMARTS) is 1. The molecule has 0 fully saturated rings. The molecule has 0 saturated carbocycles. The largest absolute Gasteiger partial charge is 0.481 e. The normalized spacial score (nSPS) is 10.9. The molecule has 0 aliphatic heterocycles. The first-order chi connectivity index (χ1) is 9.52. The van der Waals surface area contributed by atoms with Gasteiger partial charge in [0.1, 0.15) is 4.34 Å². The third-order valence-electron chi connectivity index (χ3n) is 2.39. The Balaban J connectivity index is 2.38. The molecule has 20 heavy (non-hydrogen) atoms. The number of hydrogen-bond acceptors (Lipinski definition) is 5. The predicted molar refractivity (Wildman–Crippen MR) is 82.0 cm³/mol. The van der Waals surface area contributed by atoms with Crippen LogP contribution in [0.5, 0.6) is 0 Å². The second kappa shape index (κ2) is 6.80. The summed E-state index contributed by atoms with van der Waals surface area (Å²) in [7, 11) is 0. The molecule has 0 bridgehead atoms. The van der Waals surface area contributed by atoms with Gasteiger partial charge in [-0.25, -0.2) is 0 Å². The summed E-state index contributed by atoms with van der Waals surface area (Å²) < 4.78 is 3.00. The highest BCUT2D eigenvalue weighted by Crippen LogP contribution is 2.38. The molecule has 0 aliphatic carbocycles. The first-order valence-corrected chi connectivity index (χ1v) is 8.31. The van der Waals surface area contributed by atoms with Gasteiger partial charge in [0, 0.05) is 6.54 Å². The van der Waals surface area contributed by atoms with Crippen molar-refractivity contribution in [2.24, 2.45) is 0 Å². The summed E-state index contributed by atoms with van der Waals surface area (Å²) in [5.74, 6) is -0.327. The highest BCUT2D eigenvalue weighted by Gasteiger charge is 2.18. The summed E-state index contributed by atoms with van der Waals surface area (Å²) in [5, 5.41) is 17.5. The van der Waals surface area contributed by atoms with E-state index in [0.717, 1.165) is 23.7 Å². The number of aromatic nitrogens is 3. The zero-order valence-corrected chi connectivity index (χ0v) is 13.6. The lowest BCUT2D eigenvalue weighted by atomic mass is 10.3. The van der Waals surface area contributed by atoms with Gasteiger partial charge in [-0.3, -0.25) is 4.79 Å². The van der Waals surface area contributed by atoms with Gasteiger partial charge in [-0.15, -0.1) is 21.5 Å². The molecule has 108 valence electrons. The fourth-order valence-corrected chi connectivity index (χ4v) is 3.78. The molecule has 0 amide bonds. The van der Waals surface area contributed by atoms with E-state index in [1.54, 1.807) is 6.07 Å². The number of rotatable bonds is 6. The fourth-order valence-electron chi connectivity index (χ4n) is 1.64. The summed E-state index contributed by atoms with van der Waals surface area (Å²) >= 11 is 14.5. The number of nitrogens with zero attached hydrogens (tertiary/aromatic N) is 3. The number of carbonyl (C=O) groups is 1. The quantitative estimate of drug-likeness (QED) is 0.799. The van der Waals surface area contributed by atoms with Crippen LogP contribution in [0.25, 0.3) is 11.4 Å². The van der Waals surface area contributed by atoms with Crippen molar-refractivity contribution >= 4 is 52.3 Å². The number of thioether (sulfide) groups is 1. The summed E-state index contributed by atoms with van der Waals surface area (Å²) in [6.45, 7) is 2.71. The van der Waals surface area contributed by atoms with E-state index in [1.165, 1.54) is 11.3 Å². The van der Waals surface area contributed by atoms with Crippen molar-refractivity contribution in [1.82, 2.24) is 14.8 Å². The fraction of sp³-hybridized carbons (Fsp3) is 0.364. The van der Waals surface area contributed by atoms with Gasteiger partial charge in [0.05, 0.1) is 15.7 Å². The SMILES string of the molecule is CCCn1c(SCC(=O)O)nnc1-c1cc(Cl)sc1Cl. The average molecular weight is 352 g/mol. The van der Waals surface area contributed by atoms with Gasteiger partial charge in [-0.2, -0.15) is 0 Å². The number of aliphatic carboxylic acids is 1. The van der Waals surface area contributed by atoms with E-state index in [0.29, 0.717) is 26.2 Å². The van der Waals surface area contributed by atoms with E-state index in [2.05, 4.69) is 10.2 Å². The molecule has 0 saturated heterocycles. The highest BCUT2D eigenvalue weighted by atomic mass is 35.5. The maximum absolute atomic E-state index is 10.7. The molecule has 0 spiro atoms. The monoisotopic (exact) mass is 351 g/mol. The topological polar surface area (TPSA) is 68.0 Å². The second-order valence-electron chi connectivity index (χ2n) is 3.88. The molecule has 2 heterocycles. The third-order valence-corrected chi connectivity index (χ3v) is 4.83. The zero-order valence-electron chi connectivity index (χ0n) is 10.5. The minimum atomic E-state index is -0.890. The van der Waals surface area contributed by atoms with Gasteiger partial charge in [-0.1, -0.05) is 41.9 Å². The van der Waals surface area contributed by atoms with E-state index in [9.17, 15) is 4.79 Å². The van der Waals surface area contributed by atoms with Crippen molar-refractivity contribution in [3.05, 3.63) is 14.7 Å². The Bertz CT molecular complexity index is 627. The van der Waals surface area contributed by atoms with Gasteiger partial charge in [0.25, 0.3) is 0 Å². The Kier molecular flexibility index (Phi) is 5.31. The van der Waals surface area contributed by atoms with Crippen molar-refractivity contribution < 1.29 is 9.90 Å². The van der Waals surface area contributed by atoms with Crippen molar-refractivity contribution in [1.29, 1.82) is 0 Å². The molecule has 2 rings (SSSR count). The lowest BCUT2D eigenvalue weighted by Crippen LogP contribution is -2.04. The summed E-state index contributed by atoms with van der Waals surface area (Å²) in [6.07, 6.45) is 0.876. The van der Waals surface area contributed by atoms with Crippen LogP contribution in [0.4, 0.5) is 0 Å². The number of hydrogen-bond donors (Lipinski definition) is 1. The van der Waals surface area contributed by atoms with Crippen LogP contribution in [-0.4, -0.2) is 31.6 Å². The molecule has 0 atom stereocenters. The second-order valence-corrected chi connectivity index (χ2v) is 7.11. The molecule has 0 aliphatic rings. The molecule has 0 unspecified atom stereocenters. The summed E-state index contributed by atoms with van der Waals surface area (Å²) in [6, 6.07) is 1.75. The molecule has 0 radical (unpaired) electrons. The predicted octanol–water partition coefficient (Wildman–Crippen LogP) is 3.90. The van der Waals surface area contributed by atoms with Crippen LogP contribution < -0.4 is 0 Å². The van der Waals surface area contributed by atoms with Crippen LogP contribution >= 0.6 is 46.3 Å². The van der Waals surface area contributed by atoms with E-state index in [-0.39, 0.29) is 5.75 Å². The highest BCUT2D eigenvalue weighted by molar-refractivity contribution is 7.99. The molecule has 2 aromatic heterocycles. The van der Waals surface area contributed by atoms with Crippen LogP contribution in [0.1, 0.15) is 13.3 Å². The maximum atomic E-state index is 10.7. The van der Waals surface area contributed by atoms with E-state index in [4.69, 9.17) is 28.3 Å². The molecule has 9 heteroatoms. The molecule has 2 aromatic rings. The maximum Gasteiger partial charge on any atom is 0.313 e. The number of halogens is 2. The Hall–Kier alpha value is -0.760. The minimum absolute atomic E-state index is 0.0556. The van der Waals surface area contributed by atoms with Crippen LogP contribution in [0, 0.1) is 0 Å². The lowest BCUT2D eigenvalue weighted by molar-refractivity contribution is -0.133. The van der Waals surface area contributed by atoms with Crippen molar-refractivity contribution in [2.45, 2.75) is 25.0 Å². The molecular formula is C11H11Cl2N3O2S2. The van der Waals surface area contributed by atoms with Gasteiger partial charge < -0.3 is 9.67 Å². The first-order valence-electron chi connectivity index (χ1n) is 5.76. The van der Waals surface area contributed by atoms with E-state index < -0.39 is 5.97 Å². The van der Waals surface area contributed by atoms with Gasteiger partial charge in [0.2, 0.25) is 0 Å². The summed E-state index contributed by atoms with van der Waals surface area (Å²) in [4.78, 5) is 10.7. The average Bonchev–Trinajstić information content (AvgIpc) is 2.91. The number of thiophene rings is 1. The van der Waals surface area contributed by atoms with E-state index in [1.807, 2.05) is 11.5 Å². The Morgan fingerprint density at radius 3 is 2.80 bits per heavy atom. The molecule has 1 N–H and O–H groups in total. The van der Waals surface area contributed by atoms with Crippen molar-refractivity contribution in [3.8, 4) is 11.4 Å². The molecule has 0 aromatic carbocycles. The number of carboxylic acids is 1. The van der Waals surface area contributed by atoms with Gasteiger partial charge in [-0.05, 0) is 12.5 Å². The lowest BCUT2D eigenvalue weighted by Gasteiger charge is -2.07. The molecular weight excluding hydrogens is 341 g/mol. The smallest absolute Gasteiger partial charge is 0.313 e. The molecule has 5 nitrogen and oxygen atoms in total.